The molecule has 0 aliphatic carbocycles. The fraction of sp³-hybridized carbons (Fsp3) is 0.292. The van der Waals surface area contributed by atoms with Crippen LogP contribution < -0.4 is 4.74 Å². The molecule has 3 rings (SSSR count). The van der Waals surface area contributed by atoms with Gasteiger partial charge < -0.3 is 9.47 Å². The first-order valence-electron chi connectivity index (χ1n) is 10.1. The highest BCUT2D eigenvalue weighted by Crippen LogP contribution is 2.33. The summed E-state index contributed by atoms with van der Waals surface area (Å²) in [6.07, 6.45) is 1.84. The van der Waals surface area contributed by atoms with Crippen molar-refractivity contribution < 1.29 is 19.1 Å². The predicted molar refractivity (Wildman–Crippen MR) is 125 cm³/mol. The van der Waals surface area contributed by atoms with E-state index in [2.05, 4.69) is 18.8 Å². The molecular formula is C24H26N2O4S. The zero-order valence-corrected chi connectivity index (χ0v) is 18.9. The lowest BCUT2D eigenvalue weighted by Crippen LogP contribution is -2.23. The zero-order valence-electron chi connectivity index (χ0n) is 18.1. The van der Waals surface area contributed by atoms with Crippen LogP contribution in [0.3, 0.4) is 0 Å². The summed E-state index contributed by atoms with van der Waals surface area (Å²) in [4.78, 5) is 31.3. The van der Waals surface area contributed by atoms with Gasteiger partial charge in [0.25, 0.3) is 5.91 Å². The Hall–Kier alpha value is -3.06. The second-order valence-electron chi connectivity index (χ2n) is 7.41. The van der Waals surface area contributed by atoms with Gasteiger partial charge in [-0.1, -0.05) is 32.0 Å². The summed E-state index contributed by atoms with van der Waals surface area (Å²) in [5.41, 5.74) is 1.92. The molecule has 1 saturated heterocycles. The summed E-state index contributed by atoms with van der Waals surface area (Å²) in [5, 5.41) is 0.550. The number of thioether (sulfide) groups is 1. The summed E-state index contributed by atoms with van der Waals surface area (Å²) >= 11 is 1.30. The van der Waals surface area contributed by atoms with Crippen LogP contribution in [0, 0.1) is 5.92 Å². The minimum atomic E-state index is -0.394. The first-order valence-corrected chi connectivity index (χ1v) is 11.0. The molecule has 1 aliphatic rings. The maximum Gasteiger partial charge on any atom is 0.338 e. The van der Waals surface area contributed by atoms with Crippen LogP contribution in [0.4, 0.5) is 5.69 Å². The molecule has 2 aromatic rings. The van der Waals surface area contributed by atoms with Crippen molar-refractivity contribution in [2.75, 3.05) is 20.3 Å². The number of benzene rings is 2. The van der Waals surface area contributed by atoms with Crippen LogP contribution in [0.2, 0.25) is 0 Å². The molecule has 0 bridgehead atoms. The van der Waals surface area contributed by atoms with Crippen LogP contribution in [-0.4, -0.2) is 42.2 Å². The van der Waals surface area contributed by atoms with Crippen molar-refractivity contribution >= 4 is 40.6 Å². The van der Waals surface area contributed by atoms with Crippen molar-refractivity contribution in [2.45, 2.75) is 20.8 Å². The molecule has 0 spiro atoms. The third-order valence-corrected chi connectivity index (χ3v) is 5.41. The summed E-state index contributed by atoms with van der Waals surface area (Å²) in [7, 11) is 1.69. The Morgan fingerprint density at radius 1 is 1.19 bits per heavy atom. The van der Waals surface area contributed by atoms with Crippen LogP contribution in [0.15, 0.2) is 58.4 Å². The molecule has 0 radical (unpaired) electrons. The average molecular weight is 439 g/mol. The normalized spacial score (nSPS) is 16.4. The SMILES string of the molecule is CCOC(=O)c1cccc(N=C2SC(=Cc3ccc(OCC(C)C)cc3)C(=O)N2C)c1. The summed E-state index contributed by atoms with van der Waals surface area (Å²) in [6, 6.07) is 14.5. The van der Waals surface area contributed by atoms with Crippen LogP contribution in [0.1, 0.15) is 36.7 Å². The molecule has 0 saturated carbocycles. The number of likely N-dealkylation sites (N-methyl/N-ethyl adjacent to an activating group) is 1. The summed E-state index contributed by atoms with van der Waals surface area (Å²) < 4.78 is 10.7. The molecule has 1 fully saturated rings. The number of ether oxygens (including phenoxy) is 2. The van der Waals surface area contributed by atoms with Crippen LogP contribution >= 0.6 is 11.8 Å². The van der Waals surface area contributed by atoms with E-state index in [1.54, 1.807) is 38.2 Å². The fourth-order valence-electron chi connectivity index (χ4n) is 2.75. The molecule has 7 heteroatoms. The van der Waals surface area contributed by atoms with E-state index in [4.69, 9.17) is 9.47 Å². The van der Waals surface area contributed by atoms with E-state index in [9.17, 15) is 9.59 Å². The zero-order chi connectivity index (χ0) is 22.4. The minimum absolute atomic E-state index is 0.120. The number of amidine groups is 1. The molecule has 1 aliphatic heterocycles. The van der Waals surface area contributed by atoms with Gasteiger partial charge >= 0.3 is 5.97 Å². The molecule has 6 nitrogen and oxygen atoms in total. The first-order chi connectivity index (χ1) is 14.9. The molecule has 0 N–H and O–H groups in total. The van der Waals surface area contributed by atoms with Crippen molar-refractivity contribution in [3.63, 3.8) is 0 Å². The summed E-state index contributed by atoms with van der Waals surface area (Å²) in [6.45, 7) is 6.94. The number of carbonyl (C=O) groups is 2. The van der Waals surface area contributed by atoms with E-state index in [1.807, 2.05) is 30.3 Å². The smallest absolute Gasteiger partial charge is 0.338 e. The number of hydrogen-bond acceptors (Lipinski definition) is 6. The Morgan fingerprint density at radius 2 is 1.94 bits per heavy atom. The molecule has 1 amide bonds. The lowest BCUT2D eigenvalue weighted by molar-refractivity contribution is -0.121. The van der Waals surface area contributed by atoms with Gasteiger partial charge in [0.2, 0.25) is 0 Å². The molecule has 162 valence electrons. The topological polar surface area (TPSA) is 68.2 Å². The highest BCUT2D eigenvalue weighted by Gasteiger charge is 2.30. The average Bonchev–Trinajstić information content (AvgIpc) is 3.01. The highest BCUT2D eigenvalue weighted by atomic mass is 32.2. The molecule has 0 atom stereocenters. The number of nitrogens with zero attached hydrogens (tertiary/aromatic N) is 2. The fourth-order valence-corrected chi connectivity index (χ4v) is 3.74. The maximum absolute atomic E-state index is 12.7. The van der Waals surface area contributed by atoms with E-state index >= 15 is 0 Å². The van der Waals surface area contributed by atoms with Crippen molar-refractivity contribution in [1.29, 1.82) is 0 Å². The van der Waals surface area contributed by atoms with E-state index in [1.165, 1.54) is 16.7 Å². The van der Waals surface area contributed by atoms with Crippen LogP contribution in [0.25, 0.3) is 6.08 Å². The van der Waals surface area contributed by atoms with Crippen LogP contribution in [0.5, 0.6) is 5.75 Å². The summed E-state index contributed by atoms with van der Waals surface area (Å²) in [5.74, 6) is 0.752. The second-order valence-corrected chi connectivity index (χ2v) is 8.42. The monoisotopic (exact) mass is 438 g/mol. The second kappa shape index (κ2) is 10.3. The van der Waals surface area contributed by atoms with E-state index < -0.39 is 5.97 Å². The molecule has 0 unspecified atom stereocenters. The maximum atomic E-state index is 12.7. The molecule has 0 aromatic heterocycles. The van der Waals surface area contributed by atoms with E-state index in [-0.39, 0.29) is 5.91 Å². The Morgan fingerprint density at radius 3 is 2.61 bits per heavy atom. The predicted octanol–water partition coefficient (Wildman–Crippen LogP) is 5.13. The van der Waals surface area contributed by atoms with Gasteiger partial charge in [0, 0.05) is 7.05 Å². The number of aliphatic imine (C=N–C) groups is 1. The van der Waals surface area contributed by atoms with Crippen molar-refractivity contribution in [3.8, 4) is 5.75 Å². The van der Waals surface area contributed by atoms with Gasteiger partial charge in [-0.2, -0.15) is 0 Å². The van der Waals surface area contributed by atoms with Crippen molar-refractivity contribution in [1.82, 2.24) is 4.90 Å². The van der Waals surface area contributed by atoms with Gasteiger partial charge in [-0.15, -0.1) is 0 Å². The molecule has 2 aromatic carbocycles. The van der Waals surface area contributed by atoms with Gasteiger partial charge in [-0.05, 0) is 66.6 Å². The molecular weight excluding hydrogens is 412 g/mol. The minimum Gasteiger partial charge on any atom is -0.493 e. The lowest BCUT2D eigenvalue weighted by atomic mass is 10.2. The Bertz CT molecular complexity index is 1010. The number of rotatable bonds is 7. The third-order valence-electron chi connectivity index (χ3n) is 4.35. The van der Waals surface area contributed by atoms with Gasteiger partial charge in [0.05, 0.1) is 29.4 Å². The number of hydrogen-bond donors (Lipinski definition) is 0. The third kappa shape index (κ3) is 5.98. The Labute approximate surface area is 187 Å². The lowest BCUT2D eigenvalue weighted by Gasteiger charge is -2.08. The van der Waals surface area contributed by atoms with Crippen molar-refractivity contribution in [2.24, 2.45) is 10.9 Å². The quantitative estimate of drug-likeness (QED) is 0.443. The standard InChI is InChI=1S/C24H26N2O4S/c1-5-29-23(28)18-7-6-8-19(14-18)25-24-26(4)22(27)21(31-24)13-17-9-11-20(12-10-17)30-15-16(2)3/h6-14,16H,5,15H2,1-4H3. The number of amides is 1. The van der Waals surface area contributed by atoms with Gasteiger partial charge in [0.15, 0.2) is 5.17 Å². The van der Waals surface area contributed by atoms with E-state index in [0.717, 1.165) is 11.3 Å². The van der Waals surface area contributed by atoms with Crippen LogP contribution in [-0.2, 0) is 9.53 Å². The van der Waals surface area contributed by atoms with Crippen molar-refractivity contribution in [3.05, 3.63) is 64.6 Å². The highest BCUT2D eigenvalue weighted by molar-refractivity contribution is 8.18. The van der Waals surface area contributed by atoms with E-state index in [0.29, 0.717) is 40.5 Å². The molecule has 31 heavy (non-hydrogen) atoms. The van der Waals surface area contributed by atoms with Gasteiger partial charge in [-0.25, -0.2) is 9.79 Å². The van der Waals surface area contributed by atoms with Gasteiger partial charge in [0.1, 0.15) is 5.75 Å². The van der Waals surface area contributed by atoms with Gasteiger partial charge in [-0.3, -0.25) is 9.69 Å². The number of esters is 1. The Balaban J connectivity index is 1.76. The largest absolute Gasteiger partial charge is 0.493 e. The first kappa shape index (κ1) is 22.6. The Kier molecular flexibility index (Phi) is 7.52. The number of carbonyl (C=O) groups excluding carboxylic acids is 2. The molecule has 1 heterocycles.